The first-order valence-electron chi connectivity index (χ1n) is 7.71. The molecule has 0 amide bonds. The van der Waals surface area contributed by atoms with E-state index < -0.39 is 0 Å². The fraction of sp³-hybridized carbons (Fsp3) is 0. The third kappa shape index (κ3) is 3.23. The number of thiol groups is 1. The van der Waals surface area contributed by atoms with Gasteiger partial charge < -0.3 is 9.15 Å². The number of nitriles is 1. The quantitative estimate of drug-likeness (QED) is 0.442. The van der Waals surface area contributed by atoms with E-state index in [1.807, 2.05) is 29.0 Å². The molecule has 0 saturated carbocycles. The smallest absolute Gasteiger partial charge is 0.153 e. The molecular formula is C20H12N2O2S2. The molecular weight excluding hydrogens is 364 g/mol. The lowest BCUT2D eigenvalue weighted by atomic mass is 10.1. The second kappa shape index (κ2) is 7.08. The number of benzene rings is 1. The molecule has 3 aromatic heterocycles. The van der Waals surface area contributed by atoms with Crippen LogP contribution < -0.4 is 4.74 Å². The van der Waals surface area contributed by atoms with Crippen molar-refractivity contribution in [2.45, 2.75) is 4.90 Å². The first-order chi connectivity index (χ1) is 12.7. The van der Waals surface area contributed by atoms with Crippen LogP contribution in [0.15, 0.2) is 75.2 Å². The van der Waals surface area contributed by atoms with Gasteiger partial charge in [-0.05, 0) is 41.8 Å². The van der Waals surface area contributed by atoms with Crippen molar-refractivity contribution in [2.75, 3.05) is 0 Å². The van der Waals surface area contributed by atoms with Crippen molar-refractivity contribution in [3.8, 4) is 40.0 Å². The number of furan rings is 1. The molecule has 0 fully saturated rings. The van der Waals surface area contributed by atoms with Gasteiger partial charge in [0.05, 0.1) is 30.0 Å². The highest BCUT2D eigenvalue weighted by Gasteiger charge is 2.14. The first kappa shape index (κ1) is 16.5. The summed E-state index contributed by atoms with van der Waals surface area (Å²) in [6.45, 7) is 0. The van der Waals surface area contributed by atoms with Gasteiger partial charge in [-0.3, -0.25) is 4.98 Å². The van der Waals surface area contributed by atoms with Gasteiger partial charge in [0, 0.05) is 27.0 Å². The summed E-state index contributed by atoms with van der Waals surface area (Å²) in [5.41, 5.74) is 4.03. The maximum Gasteiger partial charge on any atom is 0.153 e. The van der Waals surface area contributed by atoms with Gasteiger partial charge in [-0.2, -0.15) is 16.6 Å². The highest BCUT2D eigenvalue weighted by molar-refractivity contribution is 7.80. The molecule has 4 rings (SSSR count). The summed E-state index contributed by atoms with van der Waals surface area (Å²) < 4.78 is 11.3. The Morgan fingerprint density at radius 2 is 2.04 bits per heavy atom. The van der Waals surface area contributed by atoms with Gasteiger partial charge in [-0.15, -0.1) is 12.6 Å². The maximum absolute atomic E-state index is 9.35. The fourth-order valence-corrected chi connectivity index (χ4v) is 3.40. The number of rotatable bonds is 4. The minimum absolute atomic E-state index is 0.414. The van der Waals surface area contributed by atoms with Crippen LogP contribution in [0, 0.1) is 11.3 Å². The highest BCUT2D eigenvalue weighted by atomic mass is 32.1. The van der Waals surface area contributed by atoms with Gasteiger partial charge in [0.25, 0.3) is 0 Å². The van der Waals surface area contributed by atoms with E-state index >= 15 is 0 Å². The number of aromatic nitrogens is 1. The Bertz CT molecular complexity index is 1080. The summed E-state index contributed by atoms with van der Waals surface area (Å²) in [4.78, 5) is 5.22. The van der Waals surface area contributed by atoms with Crippen molar-refractivity contribution in [1.82, 2.24) is 4.98 Å². The normalized spacial score (nSPS) is 10.5. The molecule has 0 radical (unpaired) electrons. The molecule has 3 heterocycles. The molecule has 0 spiro atoms. The zero-order valence-corrected chi connectivity index (χ0v) is 15.1. The van der Waals surface area contributed by atoms with Crippen molar-refractivity contribution >= 4 is 24.0 Å². The molecule has 1 aromatic carbocycles. The van der Waals surface area contributed by atoms with Crippen LogP contribution in [0.1, 0.15) is 5.56 Å². The average Bonchev–Trinajstić information content (AvgIpc) is 3.37. The summed E-state index contributed by atoms with van der Waals surface area (Å²) in [5.74, 6) is 1.01. The van der Waals surface area contributed by atoms with Crippen LogP contribution >= 0.6 is 24.0 Å². The number of hydrogen-bond acceptors (Lipinski definition) is 6. The Labute approximate surface area is 159 Å². The highest BCUT2D eigenvalue weighted by Crippen LogP contribution is 2.37. The standard InChI is InChI=1S/C20H12N2O2S2/c21-9-15-7-16(25)1-2-19(15)24-20-10-22-18(14-4-6-26-12-14)8-17(20)13-3-5-23-11-13/h1-8,10-12,25H. The second-order valence-corrected chi connectivity index (χ2v) is 6.78. The third-order valence-electron chi connectivity index (χ3n) is 3.82. The SMILES string of the molecule is N#Cc1cc(S)ccc1Oc1cnc(-c2ccsc2)cc1-c1ccoc1. The van der Waals surface area contributed by atoms with Crippen molar-refractivity contribution in [3.63, 3.8) is 0 Å². The molecule has 0 bridgehead atoms. The van der Waals surface area contributed by atoms with Gasteiger partial charge in [-0.25, -0.2) is 0 Å². The van der Waals surface area contributed by atoms with E-state index in [-0.39, 0.29) is 0 Å². The molecule has 4 nitrogen and oxygen atoms in total. The average molecular weight is 376 g/mol. The van der Waals surface area contributed by atoms with Crippen LogP contribution in [0.4, 0.5) is 0 Å². The molecule has 0 aliphatic rings. The molecule has 0 unspecified atom stereocenters. The summed E-state index contributed by atoms with van der Waals surface area (Å²) in [5, 5.41) is 13.4. The van der Waals surface area contributed by atoms with Crippen molar-refractivity contribution in [2.24, 2.45) is 0 Å². The second-order valence-electron chi connectivity index (χ2n) is 5.48. The Balaban J connectivity index is 1.80. The Morgan fingerprint density at radius 1 is 1.12 bits per heavy atom. The Hall–Kier alpha value is -3.01. The van der Waals surface area contributed by atoms with E-state index in [0.717, 1.165) is 22.4 Å². The molecule has 0 aliphatic carbocycles. The largest absolute Gasteiger partial charge is 0.472 e. The van der Waals surface area contributed by atoms with Crippen LogP contribution in [-0.2, 0) is 0 Å². The molecule has 6 heteroatoms. The molecule has 126 valence electrons. The maximum atomic E-state index is 9.35. The zero-order valence-electron chi connectivity index (χ0n) is 13.4. The first-order valence-corrected chi connectivity index (χ1v) is 9.10. The summed E-state index contributed by atoms with van der Waals surface area (Å²) in [6.07, 6.45) is 4.94. The lowest BCUT2D eigenvalue weighted by Gasteiger charge is -2.12. The lowest BCUT2D eigenvalue weighted by molar-refractivity contribution is 0.480. The summed E-state index contributed by atoms with van der Waals surface area (Å²) in [7, 11) is 0. The van der Waals surface area contributed by atoms with E-state index in [0.29, 0.717) is 22.0 Å². The minimum atomic E-state index is 0.414. The molecule has 0 N–H and O–H groups in total. The van der Waals surface area contributed by atoms with Crippen molar-refractivity contribution in [3.05, 3.63) is 71.4 Å². The number of thiophene rings is 1. The van der Waals surface area contributed by atoms with Gasteiger partial charge in [0.1, 0.15) is 11.8 Å². The van der Waals surface area contributed by atoms with Crippen LogP contribution in [-0.4, -0.2) is 4.98 Å². The molecule has 4 aromatic rings. The monoisotopic (exact) mass is 376 g/mol. The Morgan fingerprint density at radius 3 is 2.77 bits per heavy atom. The summed E-state index contributed by atoms with van der Waals surface area (Å²) in [6, 6.07) is 13.2. The predicted octanol–water partition coefficient (Wildman–Crippen LogP) is 6.02. The van der Waals surface area contributed by atoms with E-state index in [1.54, 1.807) is 48.3 Å². The molecule has 0 atom stereocenters. The predicted molar refractivity (Wildman–Crippen MR) is 104 cm³/mol. The van der Waals surface area contributed by atoms with E-state index in [2.05, 4.69) is 23.7 Å². The van der Waals surface area contributed by atoms with Crippen molar-refractivity contribution in [1.29, 1.82) is 5.26 Å². The van der Waals surface area contributed by atoms with Crippen LogP contribution in [0.25, 0.3) is 22.4 Å². The van der Waals surface area contributed by atoms with Gasteiger partial charge in [-0.1, -0.05) is 0 Å². The van der Waals surface area contributed by atoms with E-state index in [9.17, 15) is 5.26 Å². The van der Waals surface area contributed by atoms with E-state index in [1.165, 1.54) is 0 Å². The van der Waals surface area contributed by atoms with Crippen LogP contribution in [0.2, 0.25) is 0 Å². The minimum Gasteiger partial charge on any atom is -0.472 e. The number of hydrogen-bond donors (Lipinski definition) is 1. The fourth-order valence-electron chi connectivity index (χ4n) is 2.55. The molecule has 26 heavy (non-hydrogen) atoms. The van der Waals surface area contributed by atoms with Crippen molar-refractivity contribution < 1.29 is 9.15 Å². The summed E-state index contributed by atoms with van der Waals surface area (Å²) >= 11 is 5.89. The number of ether oxygens (including phenoxy) is 1. The molecule has 0 aliphatic heterocycles. The van der Waals surface area contributed by atoms with Gasteiger partial charge in [0.2, 0.25) is 0 Å². The number of pyridine rings is 1. The number of nitrogens with zero attached hydrogens (tertiary/aromatic N) is 2. The lowest BCUT2D eigenvalue weighted by Crippen LogP contribution is -1.93. The van der Waals surface area contributed by atoms with Gasteiger partial charge >= 0.3 is 0 Å². The molecule has 0 saturated heterocycles. The van der Waals surface area contributed by atoms with Crippen LogP contribution in [0.5, 0.6) is 11.5 Å². The Kier molecular flexibility index (Phi) is 4.48. The third-order valence-corrected chi connectivity index (χ3v) is 4.78. The van der Waals surface area contributed by atoms with E-state index in [4.69, 9.17) is 9.15 Å². The topological polar surface area (TPSA) is 59.0 Å². The van der Waals surface area contributed by atoms with Crippen LogP contribution in [0.3, 0.4) is 0 Å². The van der Waals surface area contributed by atoms with Gasteiger partial charge in [0.15, 0.2) is 5.75 Å². The zero-order chi connectivity index (χ0) is 17.9.